The Balaban J connectivity index is 2.00. The molecule has 0 amide bonds. The molecule has 0 radical (unpaired) electrons. The van der Waals surface area contributed by atoms with Crippen molar-refractivity contribution in [3.8, 4) is 0 Å². The maximum Gasteiger partial charge on any atom is 0.129 e. The molecule has 0 aromatic heterocycles. The summed E-state index contributed by atoms with van der Waals surface area (Å²) in [6, 6.07) is 4.78. The monoisotopic (exact) mass is 258 g/mol. The second-order valence-corrected chi connectivity index (χ2v) is 4.64. The molecular weight excluding hydrogens is 243 g/mol. The van der Waals surface area contributed by atoms with E-state index in [0.717, 1.165) is 13.1 Å². The Kier molecular flexibility index (Phi) is 4.34. The highest BCUT2D eigenvalue weighted by molar-refractivity contribution is 6.30. The average Bonchev–Trinajstić information content (AvgIpc) is 2.33. The van der Waals surface area contributed by atoms with Crippen LogP contribution in [0.2, 0.25) is 5.02 Å². The van der Waals surface area contributed by atoms with Crippen molar-refractivity contribution in [3.05, 3.63) is 34.6 Å². The zero-order valence-corrected chi connectivity index (χ0v) is 10.3. The van der Waals surface area contributed by atoms with Crippen LogP contribution in [0.25, 0.3) is 0 Å². The third-order valence-electron chi connectivity index (χ3n) is 2.89. The Hall–Kier alpha value is -0.680. The maximum absolute atomic E-state index is 13.6. The van der Waals surface area contributed by atoms with E-state index in [1.165, 1.54) is 6.07 Å². The Morgan fingerprint density at radius 3 is 3.06 bits per heavy atom. The summed E-state index contributed by atoms with van der Waals surface area (Å²) in [6.45, 7) is 3.27. The first-order valence-corrected chi connectivity index (χ1v) is 6.05. The van der Waals surface area contributed by atoms with E-state index < -0.39 is 0 Å². The minimum absolute atomic E-state index is 0.0547. The van der Waals surface area contributed by atoms with Crippen LogP contribution in [0, 0.1) is 5.82 Å². The molecule has 94 valence electrons. The molecule has 2 rings (SSSR count). The maximum atomic E-state index is 13.6. The zero-order valence-electron chi connectivity index (χ0n) is 9.53. The van der Waals surface area contributed by atoms with Crippen molar-refractivity contribution in [2.24, 2.45) is 5.73 Å². The lowest BCUT2D eigenvalue weighted by Crippen LogP contribution is -2.45. The number of benzene rings is 1. The molecule has 1 unspecified atom stereocenters. The predicted molar refractivity (Wildman–Crippen MR) is 65.5 cm³/mol. The highest BCUT2D eigenvalue weighted by Crippen LogP contribution is 2.17. The van der Waals surface area contributed by atoms with E-state index in [0.29, 0.717) is 30.3 Å². The quantitative estimate of drug-likeness (QED) is 0.896. The summed E-state index contributed by atoms with van der Waals surface area (Å²) < 4.78 is 19.1. The van der Waals surface area contributed by atoms with Crippen LogP contribution in [0.3, 0.4) is 0 Å². The molecule has 1 fully saturated rings. The van der Waals surface area contributed by atoms with Crippen molar-refractivity contribution in [1.29, 1.82) is 0 Å². The second-order valence-electron chi connectivity index (χ2n) is 4.20. The number of nitrogens with zero attached hydrogens (tertiary/aromatic N) is 1. The highest BCUT2D eigenvalue weighted by Gasteiger charge is 2.20. The molecule has 5 heteroatoms. The summed E-state index contributed by atoms with van der Waals surface area (Å²) in [5.74, 6) is -0.256. The summed E-state index contributed by atoms with van der Waals surface area (Å²) in [7, 11) is 0. The van der Waals surface area contributed by atoms with Crippen LogP contribution in [0.5, 0.6) is 0 Å². The van der Waals surface area contributed by atoms with Crippen LogP contribution < -0.4 is 5.73 Å². The molecule has 1 aromatic carbocycles. The Morgan fingerprint density at radius 1 is 1.53 bits per heavy atom. The van der Waals surface area contributed by atoms with E-state index in [2.05, 4.69) is 4.90 Å². The van der Waals surface area contributed by atoms with Crippen molar-refractivity contribution in [2.75, 3.05) is 26.2 Å². The number of morpholine rings is 1. The van der Waals surface area contributed by atoms with Crippen LogP contribution in [0.15, 0.2) is 18.2 Å². The minimum Gasteiger partial charge on any atom is -0.374 e. The van der Waals surface area contributed by atoms with Crippen LogP contribution >= 0.6 is 11.6 Å². The van der Waals surface area contributed by atoms with E-state index >= 15 is 0 Å². The standard InChI is InChI=1S/C12H16ClFN2O/c13-10-2-1-9(12(14)5-10)7-16-3-4-17-11(6-15)8-16/h1-2,5,11H,3-4,6-8,15H2. The molecule has 1 heterocycles. The molecule has 1 aliphatic heterocycles. The smallest absolute Gasteiger partial charge is 0.129 e. The number of nitrogens with two attached hydrogens (primary N) is 1. The summed E-state index contributed by atoms with van der Waals surface area (Å²) in [5, 5.41) is 0.424. The molecule has 1 aliphatic rings. The lowest BCUT2D eigenvalue weighted by Gasteiger charge is -2.32. The van der Waals surface area contributed by atoms with Gasteiger partial charge in [-0.05, 0) is 12.1 Å². The summed E-state index contributed by atoms with van der Waals surface area (Å²) >= 11 is 5.72. The molecule has 1 saturated heterocycles. The first-order valence-electron chi connectivity index (χ1n) is 5.67. The minimum atomic E-state index is -0.256. The SMILES string of the molecule is NCC1CN(Cc2ccc(Cl)cc2F)CCO1. The molecule has 0 aliphatic carbocycles. The van der Waals surface area contributed by atoms with Crippen LogP contribution in [-0.4, -0.2) is 37.2 Å². The normalized spacial score (nSPS) is 21.7. The molecule has 0 spiro atoms. The fourth-order valence-corrected chi connectivity index (χ4v) is 2.12. The van der Waals surface area contributed by atoms with Crippen LogP contribution in [0.1, 0.15) is 5.56 Å². The average molecular weight is 259 g/mol. The molecule has 1 atom stereocenters. The fourth-order valence-electron chi connectivity index (χ4n) is 1.96. The Morgan fingerprint density at radius 2 is 2.35 bits per heavy atom. The van der Waals surface area contributed by atoms with Gasteiger partial charge in [0.05, 0.1) is 12.7 Å². The Labute approximate surface area is 105 Å². The van der Waals surface area contributed by atoms with Gasteiger partial charge in [0.1, 0.15) is 5.82 Å². The van der Waals surface area contributed by atoms with Gasteiger partial charge in [0.25, 0.3) is 0 Å². The van der Waals surface area contributed by atoms with Crippen molar-refractivity contribution in [2.45, 2.75) is 12.6 Å². The number of ether oxygens (including phenoxy) is 1. The summed E-state index contributed by atoms with van der Waals surface area (Å²) in [5.41, 5.74) is 6.22. The van der Waals surface area contributed by atoms with Gasteiger partial charge in [0.15, 0.2) is 0 Å². The third-order valence-corrected chi connectivity index (χ3v) is 3.13. The van der Waals surface area contributed by atoms with Crippen LogP contribution in [-0.2, 0) is 11.3 Å². The molecule has 17 heavy (non-hydrogen) atoms. The lowest BCUT2D eigenvalue weighted by atomic mass is 10.1. The largest absolute Gasteiger partial charge is 0.374 e. The molecule has 3 nitrogen and oxygen atoms in total. The second kappa shape index (κ2) is 5.78. The Bertz CT molecular complexity index is 389. The van der Waals surface area contributed by atoms with Crippen LogP contribution in [0.4, 0.5) is 4.39 Å². The van der Waals surface area contributed by atoms with Gasteiger partial charge in [-0.25, -0.2) is 4.39 Å². The van der Waals surface area contributed by atoms with Gasteiger partial charge < -0.3 is 10.5 Å². The van der Waals surface area contributed by atoms with E-state index in [-0.39, 0.29) is 11.9 Å². The third kappa shape index (κ3) is 3.39. The summed E-state index contributed by atoms with van der Waals surface area (Å²) in [4.78, 5) is 2.15. The lowest BCUT2D eigenvalue weighted by molar-refractivity contribution is -0.0263. The molecule has 1 aromatic rings. The molecular formula is C12H16ClFN2O. The number of hydrogen-bond donors (Lipinski definition) is 1. The number of rotatable bonds is 3. The van der Waals surface area contributed by atoms with Gasteiger partial charge in [-0.3, -0.25) is 4.90 Å². The van der Waals surface area contributed by atoms with Gasteiger partial charge in [-0.2, -0.15) is 0 Å². The zero-order chi connectivity index (χ0) is 12.3. The van der Waals surface area contributed by atoms with Crippen molar-refractivity contribution >= 4 is 11.6 Å². The number of halogens is 2. The molecule has 0 saturated carbocycles. The van der Waals surface area contributed by atoms with Gasteiger partial charge in [0.2, 0.25) is 0 Å². The highest BCUT2D eigenvalue weighted by atomic mass is 35.5. The topological polar surface area (TPSA) is 38.5 Å². The predicted octanol–water partition coefficient (Wildman–Crippen LogP) is 1.64. The van der Waals surface area contributed by atoms with Crippen molar-refractivity contribution in [3.63, 3.8) is 0 Å². The van der Waals surface area contributed by atoms with Gasteiger partial charge >= 0.3 is 0 Å². The van der Waals surface area contributed by atoms with E-state index in [1.54, 1.807) is 12.1 Å². The molecule has 0 bridgehead atoms. The van der Waals surface area contributed by atoms with Crippen molar-refractivity contribution < 1.29 is 9.13 Å². The van der Waals surface area contributed by atoms with Gasteiger partial charge in [-0.1, -0.05) is 17.7 Å². The first kappa shape index (κ1) is 12.8. The van der Waals surface area contributed by atoms with E-state index in [1.807, 2.05) is 0 Å². The van der Waals surface area contributed by atoms with E-state index in [9.17, 15) is 4.39 Å². The van der Waals surface area contributed by atoms with Gasteiger partial charge in [0, 0.05) is 36.8 Å². The molecule has 2 N–H and O–H groups in total. The van der Waals surface area contributed by atoms with Crippen molar-refractivity contribution in [1.82, 2.24) is 4.90 Å². The summed E-state index contributed by atoms with van der Waals surface area (Å²) in [6.07, 6.45) is 0.0547. The van der Waals surface area contributed by atoms with Gasteiger partial charge in [-0.15, -0.1) is 0 Å². The number of hydrogen-bond acceptors (Lipinski definition) is 3. The fraction of sp³-hybridized carbons (Fsp3) is 0.500. The van der Waals surface area contributed by atoms with E-state index in [4.69, 9.17) is 22.1 Å². The first-order chi connectivity index (χ1) is 8.19.